The molecule has 8 aromatic carbocycles. The number of aryl methyl sites for hydroxylation is 8. The summed E-state index contributed by atoms with van der Waals surface area (Å²) in [6.45, 7) is 0.141. The van der Waals surface area contributed by atoms with Crippen molar-refractivity contribution in [2.45, 2.75) is 232 Å². The van der Waals surface area contributed by atoms with Crippen molar-refractivity contribution in [3.63, 3.8) is 0 Å². The summed E-state index contributed by atoms with van der Waals surface area (Å²) in [7, 11) is 0. The molecule has 4 aromatic heterocycles. The van der Waals surface area contributed by atoms with E-state index in [4.69, 9.17) is 51.5 Å². The number of fused-ring (bicyclic) bond motifs is 12. The lowest BCUT2D eigenvalue weighted by atomic mass is 9.90. The summed E-state index contributed by atoms with van der Waals surface area (Å²) in [5, 5.41) is 60.3. The zero-order valence-electron chi connectivity index (χ0n) is 74.5. The molecule has 8 aliphatic rings. The number of aliphatic hydroxyl groups excluding tert-OH is 4. The number of benzene rings is 8. The molecule has 21 nitrogen and oxygen atoms in total. The molecule has 20 rings (SSSR count). The molecule has 0 aliphatic heterocycles. The largest absolute Gasteiger partial charge is 0.508 e. The van der Waals surface area contributed by atoms with Gasteiger partial charge in [0.05, 0.1) is 120 Å². The number of aromatic nitrogens is 8. The fraction of sp³-hybridized carbons (Fsp3) is 0.370. The smallest absolute Gasteiger partial charge is 0.229 e. The fourth-order valence-electron chi connectivity index (χ4n) is 20.1. The molecular weight excluding hydrogens is 1740 g/mol. The van der Waals surface area contributed by atoms with E-state index < -0.39 is 0 Å². The molecule has 4 heterocycles. The van der Waals surface area contributed by atoms with Gasteiger partial charge in [-0.25, -0.2) is 44.3 Å². The number of amides is 4. The summed E-state index contributed by atoms with van der Waals surface area (Å²) < 4.78 is 14.2. The topological polar surface area (TPSA) is 321 Å². The van der Waals surface area contributed by atoms with Crippen molar-refractivity contribution in [3.8, 4) is 50.8 Å². The molecule has 0 spiro atoms. The number of carbonyl (C=O) groups excluding carboxylic acids is 4. The second kappa shape index (κ2) is 43.3. The molecule has 4 saturated carbocycles. The normalized spacial score (nSPS) is 15.2. The quantitative estimate of drug-likeness (QED) is 0.0271. The SMILES string of the molecule is O=C(Cc1ccc(Br)cc1)Nc1nc2c(nc1CC1CCCC1)-c1ccc(CO)cc1CC2.O=C(Cc1ccc(Cl)cc1)Nc1nc2c(nc1CC1CCCC1)-c1ccc(CO)cc1CC2.O=C(Cc1ccc(F)cc1)Nc1nc2c(nc1CC1CCCC1)-c1ccc(CO)cc1CC2.O=C(Cc1ccc(O)cc1)Nc1nc2c(nc1CC1CCCC1)-c1ccc(CO)cc1CC2. The number of hydrogen-bond donors (Lipinski definition) is 9. The monoisotopic (exact) mass is 1850 g/mol. The van der Waals surface area contributed by atoms with E-state index in [9.17, 15) is 49.1 Å². The number of phenols is 1. The second-order valence-corrected chi connectivity index (χ2v) is 38.1. The summed E-state index contributed by atoms with van der Waals surface area (Å²) in [5.41, 5.74) is 27.0. The van der Waals surface area contributed by atoms with Crippen molar-refractivity contribution in [2.24, 2.45) is 23.7 Å². The predicted molar refractivity (Wildman–Crippen MR) is 515 cm³/mol. The Balaban J connectivity index is 0.000000123. The van der Waals surface area contributed by atoms with E-state index in [2.05, 4.69) is 67.5 Å². The Bertz CT molecular complexity index is 5430. The number of rotatable bonds is 24. The van der Waals surface area contributed by atoms with Gasteiger partial charge in [-0.3, -0.25) is 19.2 Å². The molecule has 12 aromatic rings. The Morgan fingerprint density at radius 2 is 0.553 bits per heavy atom. The molecular formula is C108H113BrClFN12O9. The molecule has 132 heavy (non-hydrogen) atoms. The molecule has 8 aliphatic carbocycles. The number of nitrogens with one attached hydrogen (secondary N) is 4. The Kier molecular flexibility index (Phi) is 30.3. The highest BCUT2D eigenvalue weighted by molar-refractivity contribution is 9.10. The van der Waals surface area contributed by atoms with Gasteiger partial charge in [-0.2, -0.15) is 0 Å². The first-order valence-electron chi connectivity index (χ1n) is 47.1. The van der Waals surface area contributed by atoms with Crippen LogP contribution in [0.1, 0.15) is 215 Å². The van der Waals surface area contributed by atoms with Crippen molar-refractivity contribution in [2.75, 3.05) is 21.3 Å². The van der Waals surface area contributed by atoms with Gasteiger partial charge in [-0.05, 0) is 216 Å². The van der Waals surface area contributed by atoms with Crippen LogP contribution in [0.3, 0.4) is 0 Å². The molecule has 4 amide bonds. The number of hydrogen-bond acceptors (Lipinski definition) is 17. The standard InChI is InChI=1S/C27H28BrN3O2.C27H28ClN3O2.C27H28FN3O2.C27H29N3O3/c3*28-21-9-5-18(6-10-21)15-25(33)31-27-24(14-17-3-1-2-4-17)29-26-22-11-7-19(16-32)13-20(22)8-12-23(26)30-27;31-16-19-7-11-22-20(13-19)8-12-23-26(22)28-24(14-17-3-1-2-4-17)27(29-23)30-25(33)15-18-5-9-21(32)10-6-18/h3*5-7,9-11,13,17,32H,1-4,8,12,14-16H2,(H,30,31,33);5-7,9-11,13,17,31-32H,1-4,8,12,14-16H2,(H,29,30,33). The van der Waals surface area contributed by atoms with Crippen LogP contribution < -0.4 is 21.3 Å². The Hall–Kier alpha value is -11.7. The number of anilines is 4. The first-order chi connectivity index (χ1) is 64.3. The summed E-state index contributed by atoms with van der Waals surface area (Å²) >= 11 is 9.41. The molecule has 4 fully saturated rings. The third-order valence-corrected chi connectivity index (χ3v) is 27.9. The Labute approximate surface area is 783 Å². The summed E-state index contributed by atoms with van der Waals surface area (Å²) in [4.78, 5) is 91.3. The first kappa shape index (κ1) is 92.2. The van der Waals surface area contributed by atoms with Crippen molar-refractivity contribution in [1.82, 2.24) is 39.9 Å². The van der Waals surface area contributed by atoms with E-state index >= 15 is 0 Å². The minimum absolute atomic E-state index is 0.0256. The van der Waals surface area contributed by atoms with Crippen LogP contribution in [0.4, 0.5) is 27.7 Å². The zero-order chi connectivity index (χ0) is 91.1. The highest BCUT2D eigenvalue weighted by atomic mass is 79.9. The fourth-order valence-corrected chi connectivity index (χ4v) is 20.5. The van der Waals surface area contributed by atoms with Crippen LogP contribution in [0.15, 0.2) is 174 Å². The maximum absolute atomic E-state index is 13.2. The number of nitrogens with zero attached hydrogens (tertiary/aromatic N) is 8. The van der Waals surface area contributed by atoms with Crippen LogP contribution in [0.5, 0.6) is 5.75 Å². The van der Waals surface area contributed by atoms with E-state index in [0.717, 1.165) is 217 Å². The summed E-state index contributed by atoms with van der Waals surface area (Å²) in [6.07, 6.45) is 30.3. The van der Waals surface area contributed by atoms with Gasteiger partial charge in [-0.15, -0.1) is 0 Å². The van der Waals surface area contributed by atoms with Gasteiger partial charge in [0.15, 0.2) is 23.3 Å². The van der Waals surface area contributed by atoms with Crippen LogP contribution in [-0.2, 0) is 148 Å². The maximum Gasteiger partial charge on any atom is 0.229 e. The maximum atomic E-state index is 13.2. The molecule has 680 valence electrons. The summed E-state index contributed by atoms with van der Waals surface area (Å²) in [5.74, 6) is 4.09. The number of aromatic hydroxyl groups is 1. The van der Waals surface area contributed by atoms with Gasteiger partial charge >= 0.3 is 0 Å². The number of phenolic OH excluding ortho intramolecular Hbond substituents is 1. The van der Waals surface area contributed by atoms with E-state index in [-0.39, 0.29) is 80.9 Å². The minimum atomic E-state index is -0.315. The first-order valence-corrected chi connectivity index (χ1v) is 48.2. The van der Waals surface area contributed by atoms with Crippen molar-refractivity contribution in [3.05, 3.63) is 297 Å². The molecule has 0 radical (unpaired) electrons. The van der Waals surface area contributed by atoms with E-state index in [0.29, 0.717) is 58.4 Å². The van der Waals surface area contributed by atoms with E-state index in [1.807, 2.05) is 78.9 Å². The van der Waals surface area contributed by atoms with Crippen LogP contribution in [0.2, 0.25) is 5.02 Å². The van der Waals surface area contributed by atoms with Crippen molar-refractivity contribution in [1.29, 1.82) is 0 Å². The van der Waals surface area contributed by atoms with Gasteiger partial charge in [0.1, 0.15) is 11.6 Å². The third kappa shape index (κ3) is 23.3. The highest BCUT2D eigenvalue weighted by Gasteiger charge is 2.32. The van der Waals surface area contributed by atoms with Crippen LogP contribution in [0, 0.1) is 29.5 Å². The number of aliphatic hydroxyl groups is 4. The minimum Gasteiger partial charge on any atom is -0.508 e. The molecule has 0 atom stereocenters. The van der Waals surface area contributed by atoms with Crippen molar-refractivity contribution >= 4 is 74.4 Å². The van der Waals surface area contributed by atoms with E-state index in [1.165, 1.54) is 137 Å². The lowest BCUT2D eigenvalue weighted by molar-refractivity contribution is -0.116. The van der Waals surface area contributed by atoms with Crippen molar-refractivity contribution < 1.29 is 49.1 Å². The number of carbonyl (C=O) groups is 4. The van der Waals surface area contributed by atoms with Crippen LogP contribution in [-0.4, -0.2) is 89.0 Å². The predicted octanol–water partition coefficient (Wildman–Crippen LogP) is 19.9. The number of halogens is 3. The third-order valence-electron chi connectivity index (χ3n) is 27.1. The van der Waals surface area contributed by atoms with Gasteiger partial charge in [0.25, 0.3) is 0 Å². The lowest BCUT2D eigenvalue weighted by Gasteiger charge is -2.22. The summed E-state index contributed by atoms with van der Waals surface area (Å²) in [6, 6.07) is 52.1. The average Bonchev–Trinajstić information content (AvgIpc) is 1.68. The van der Waals surface area contributed by atoms with Gasteiger partial charge in [0.2, 0.25) is 23.6 Å². The van der Waals surface area contributed by atoms with E-state index in [1.54, 1.807) is 48.5 Å². The zero-order valence-corrected chi connectivity index (χ0v) is 76.9. The van der Waals surface area contributed by atoms with Crippen LogP contribution in [0.25, 0.3) is 45.0 Å². The molecule has 24 heteroatoms. The molecule has 0 bridgehead atoms. The molecule has 0 saturated heterocycles. The van der Waals surface area contributed by atoms with Gasteiger partial charge in [-0.1, -0.05) is 252 Å². The molecule has 9 N–H and O–H groups in total. The highest BCUT2D eigenvalue weighted by Crippen LogP contribution is 2.43. The Morgan fingerprint density at radius 1 is 0.318 bits per heavy atom. The second-order valence-electron chi connectivity index (χ2n) is 36.7. The average molecular weight is 1860 g/mol. The van der Waals surface area contributed by atoms with Crippen LogP contribution >= 0.6 is 27.5 Å². The lowest BCUT2D eigenvalue weighted by Crippen LogP contribution is -2.20. The van der Waals surface area contributed by atoms with Gasteiger partial charge in [0, 0.05) is 31.7 Å². The molecule has 0 unspecified atom stereocenters. The van der Waals surface area contributed by atoms with Gasteiger partial charge < -0.3 is 46.8 Å². The Morgan fingerprint density at radius 3 is 0.811 bits per heavy atom.